The minimum Gasteiger partial charge on any atom is -0.321 e. The zero-order valence-electron chi connectivity index (χ0n) is 9.71. The Morgan fingerprint density at radius 2 is 1.81 bits per heavy atom. The summed E-state index contributed by atoms with van der Waals surface area (Å²) in [5.74, 6) is 0.721. The van der Waals surface area contributed by atoms with Crippen LogP contribution in [-0.2, 0) is 5.54 Å². The first kappa shape index (κ1) is 10.3. The van der Waals surface area contributed by atoms with Gasteiger partial charge in [0.05, 0.1) is 0 Å². The van der Waals surface area contributed by atoms with E-state index in [2.05, 4.69) is 29.6 Å². The van der Waals surface area contributed by atoms with Gasteiger partial charge in [-0.3, -0.25) is 0 Å². The lowest BCUT2D eigenvalue weighted by Gasteiger charge is -2.27. The standard InChI is InChI=1S/C14H20N2/c15-14(7-8-14)13-4-2-1-3-12(13)11-5-9-16-10-6-11/h1-4,11,16H,5-10,15H2. The Labute approximate surface area is 97.2 Å². The van der Waals surface area contributed by atoms with Crippen molar-refractivity contribution in [3.05, 3.63) is 35.4 Å². The fourth-order valence-electron chi connectivity index (χ4n) is 2.84. The third kappa shape index (κ3) is 1.76. The van der Waals surface area contributed by atoms with Crippen molar-refractivity contribution in [1.82, 2.24) is 5.32 Å². The number of benzene rings is 1. The quantitative estimate of drug-likeness (QED) is 0.794. The van der Waals surface area contributed by atoms with E-state index < -0.39 is 0 Å². The lowest BCUT2D eigenvalue weighted by molar-refractivity contribution is 0.455. The molecule has 0 amide bonds. The maximum atomic E-state index is 6.36. The zero-order valence-corrected chi connectivity index (χ0v) is 9.71. The number of piperidine rings is 1. The second-order valence-corrected chi connectivity index (χ2v) is 5.27. The maximum absolute atomic E-state index is 6.36. The molecule has 1 heterocycles. The average molecular weight is 216 g/mol. The van der Waals surface area contributed by atoms with E-state index in [-0.39, 0.29) is 5.54 Å². The third-order valence-corrected chi connectivity index (χ3v) is 4.06. The number of hydrogen-bond donors (Lipinski definition) is 2. The summed E-state index contributed by atoms with van der Waals surface area (Å²) in [5, 5.41) is 3.43. The van der Waals surface area contributed by atoms with Crippen LogP contribution in [0.4, 0.5) is 0 Å². The molecule has 1 saturated heterocycles. The molecule has 16 heavy (non-hydrogen) atoms. The molecule has 2 aliphatic rings. The molecule has 0 aromatic heterocycles. The molecule has 3 N–H and O–H groups in total. The molecule has 0 radical (unpaired) electrons. The molecule has 2 fully saturated rings. The van der Waals surface area contributed by atoms with Gasteiger partial charge in [0.2, 0.25) is 0 Å². The van der Waals surface area contributed by atoms with Crippen LogP contribution in [0.1, 0.15) is 42.7 Å². The molecule has 0 spiro atoms. The summed E-state index contributed by atoms with van der Waals surface area (Å²) in [5.41, 5.74) is 9.31. The molecule has 0 bridgehead atoms. The Balaban J connectivity index is 1.93. The van der Waals surface area contributed by atoms with E-state index in [0.717, 1.165) is 31.8 Å². The highest BCUT2D eigenvalue weighted by molar-refractivity contribution is 5.39. The van der Waals surface area contributed by atoms with Crippen LogP contribution < -0.4 is 11.1 Å². The van der Waals surface area contributed by atoms with Gasteiger partial charge in [-0.25, -0.2) is 0 Å². The van der Waals surface area contributed by atoms with E-state index in [0.29, 0.717) is 0 Å². The second-order valence-electron chi connectivity index (χ2n) is 5.27. The normalized spacial score (nSPS) is 24.3. The van der Waals surface area contributed by atoms with E-state index in [1.165, 1.54) is 24.0 Å². The van der Waals surface area contributed by atoms with Crippen LogP contribution in [0.3, 0.4) is 0 Å². The molecule has 1 aromatic carbocycles. The van der Waals surface area contributed by atoms with E-state index in [9.17, 15) is 0 Å². The number of rotatable bonds is 2. The second kappa shape index (κ2) is 3.86. The fraction of sp³-hybridized carbons (Fsp3) is 0.571. The molecular formula is C14H20N2. The molecular weight excluding hydrogens is 196 g/mol. The van der Waals surface area contributed by atoms with E-state index in [1.54, 1.807) is 0 Å². The van der Waals surface area contributed by atoms with Gasteiger partial charge in [-0.05, 0) is 55.8 Å². The first-order valence-corrected chi connectivity index (χ1v) is 6.39. The first-order chi connectivity index (χ1) is 7.80. The summed E-state index contributed by atoms with van der Waals surface area (Å²) in [4.78, 5) is 0. The smallest absolute Gasteiger partial charge is 0.0414 e. The van der Waals surface area contributed by atoms with Crippen molar-refractivity contribution in [2.24, 2.45) is 5.73 Å². The van der Waals surface area contributed by atoms with Crippen LogP contribution in [0.15, 0.2) is 24.3 Å². The van der Waals surface area contributed by atoms with Crippen molar-refractivity contribution in [2.75, 3.05) is 13.1 Å². The highest BCUT2D eigenvalue weighted by Gasteiger charge is 2.42. The van der Waals surface area contributed by atoms with Gasteiger partial charge < -0.3 is 11.1 Å². The van der Waals surface area contributed by atoms with Gasteiger partial charge in [0.25, 0.3) is 0 Å². The molecule has 2 heteroatoms. The summed E-state index contributed by atoms with van der Waals surface area (Å²) < 4.78 is 0. The predicted octanol–water partition coefficient (Wildman–Crippen LogP) is 2.10. The molecule has 0 unspecified atom stereocenters. The largest absolute Gasteiger partial charge is 0.321 e. The van der Waals surface area contributed by atoms with E-state index in [4.69, 9.17) is 5.73 Å². The van der Waals surface area contributed by atoms with Crippen molar-refractivity contribution >= 4 is 0 Å². The summed E-state index contributed by atoms with van der Waals surface area (Å²) in [6.07, 6.45) is 4.84. The van der Waals surface area contributed by atoms with Crippen molar-refractivity contribution in [2.45, 2.75) is 37.1 Å². The van der Waals surface area contributed by atoms with Gasteiger partial charge in [0.15, 0.2) is 0 Å². The lowest BCUT2D eigenvalue weighted by atomic mass is 9.84. The molecule has 0 atom stereocenters. The van der Waals surface area contributed by atoms with Crippen LogP contribution in [0.5, 0.6) is 0 Å². The molecule has 86 valence electrons. The molecule has 1 aliphatic carbocycles. The van der Waals surface area contributed by atoms with Crippen LogP contribution in [0, 0.1) is 0 Å². The van der Waals surface area contributed by atoms with Gasteiger partial charge in [0.1, 0.15) is 0 Å². The Morgan fingerprint density at radius 1 is 1.12 bits per heavy atom. The predicted molar refractivity (Wildman–Crippen MR) is 66.4 cm³/mol. The van der Waals surface area contributed by atoms with E-state index >= 15 is 0 Å². The SMILES string of the molecule is NC1(c2ccccc2C2CCNCC2)CC1. The fourth-order valence-corrected chi connectivity index (χ4v) is 2.84. The lowest BCUT2D eigenvalue weighted by Crippen LogP contribution is -2.29. The molecule has 1 aromatic rings. The minimum atomic E-state index is 0.0153. The monoisotopic (exact) mass is 216 g/mol. The van der Waals surface area contributed by atoms with Crippen LogP contribution in [-0.4, -0.2) is 13.1 Å². The number of nitrogens with two attached hydrogens (primary N) is 1. The number of nitrogens with one attached hydrogen (secondary N) is 1. The van der Waals surface area contributed by atoms with Crippen LogP contribution >= 0.6 is 0 Å². The molecule has 1 saturated carbocycles. The van der Waals surface area contributed by atoms with Crippen molar-refractivity contribution < 1.29 is 0 Å². The Bertz CT molecular complexity index is 376. The Hall–Kier alpha value is -0.860. The maximum Gasteiger partial charge on any atom is 0.0414 e. The third-order valence-electron chi connectivity index (χ3n) is 4.06. The highest BCUT2D eigenvalue weighted by Crippen LogP contribution is 2.46. The van der Waals surface area contributed by atoms with Crippen LogP contribution in [0.2, 0.25) is 0 Å². The van der Waals surface area contributed by atoms with Crippen molar-refractivity contribution in [3.8, 4) is 0 Å². The van der Waals surface area contributed by atoms with E-state index in [1.807, 2.05) is 0 Å². The Kier molecular flexibility index (Phi) is 2.49. The van der Waals surface area contributed by atoms with Gasteiger partial charge in [-0.1, -0.05) is 24.3 Å². The van der Waals surface area contributed by atoms with Gasteiger partial charge in [0, 0.05) is 5.54 Å². The molecule has 1 aliphatic heterocycles. The van der Waals surface area contributed by atoms with Crippen LogP contribution in [0.25, 0.3) is 0 Å². The molecule has 3 rings (SSSR count). The summed E-state index contributed by atoms with van der Waals surface area (Å²) >= 11 is 0. The van der Waals surface area contributed by atoms with Crippen molar-refractivity contribution in [3.63, 3.8) is 0 Å². The average Bonchev–Trinajstić information content (AvgIpc) is 3.10. The Morgan fingerprint density at radius 3 is 2.50 bits per heavy atom. The van der Waals surface area contributed by atoms with Crippen molar-refractivity contribution in [1.29, 1.82) is 0 Å². The minimum absolute atomic E-state index is 0.0153. The summed E-state index contributed by atoms with van der Waals surface area (Å²) in [7, 11) is 0. The van der Waals surface area contributed by atoms with Gasteiger partial charge >= 0.3 is 0 Å². The first-order valence-electron chi connectivity index (χ1n) is 6.39. The summed E-state index contributed by atoms with van der Waals surface area (Å²) in [6, 6.07) is 8.82. The highest BCUT2D eigenvalue weighted by atomic mass is 14.9. The zero-order chi connectivity index (χ0) is 11.0. The summed E-state index contributed by atoms with van der Waals surface area (Å²) in [6.45, 7) is 2.30. The molecule has 2 nitrogen and oxygen atoms in total. The topological polar surface area (TPSA) is 38.0 Å². The van der Waals surface area contributed by atoms with Gasteiger partial charge in [-0.15, -0.1) is 0 Å². The van der Waals surface area contributed by atoms with Gasteiger partial charge in [-0.2, -0.15) is 0 Å². The number of hydrogen-bond acceptors (Lipinski definition) is 2.